The molecule has 0 saturated heterocycles. The number of hydrogen-bond donors (Lipinski definition) is 0. The summed E-state index contributed by atoms with van der Waals surface area (Å²) in [4.78, 5) is 12.8. The molecule has 0 bridgehead atoms. The highest BCUT2D eigenvalue weighted by Crippen LogP contribution is 2.37. The van der Waals surface area contributed by atoms with Crippen molar-refractivity contribution in [3.05, 3.63) is 121 Å². The molecule has 0 unspecified atom stereocenters. The van der Waals surface area contributed by atoms with Crippen molar-refractivity contribution in [1.29, 1.82) is 0 Å². The van der Waals surface area contributed by atoms with Gasteiger partial charge in [0.05, 0.1) is 0 Å². The Morgan fingerprint density at radius 2 is 1.15 bits per heavy atom. The van der Waals surface area contributed by atoms with Crippen molar-refractivity contribution in [3.8, 4) is 16.9 Å². The van der Waals surface area contributed by atoms with Gasteiger partial charge in [0.1, 0.15) is 5.75 Å². The molecule has 0 spiro atoms. The van der Waals surface area contributed by atoms with E-state index in [1.54, 1.807) is 12.1 Å². The Hall–Kier alpha value is -4.37. The third-order valence-corrected chi connectivity index (χ3v) is 5.78. The molecule has 0 N–H and O–H groups in total. The lowest BCUT2D eigenvalue weighted by Crippen LogP contribution is -2.09. The summed E-state index contributed by atoms with van der Waals surface area (Å²) in [6.45, 7) is 2.54. The predicted molar refractivity (Wildman–Crippen MR) is 135 cm³/mol. The molecule has 3 heteroatoms. The molecular formula is C30H23NO2. The molecule has 0 aromatic heterocycles. The molecule has 0 amide bonds. The number of hydrogen-bond acceptors (Lipinski definition) is 3. The maximum Gasteiger partial charge on any atom is 0.298 e. The first-order valence-corrected chi connectivity index (χ1v) is 10.9. The minimum atomic E-state index is 0.441. The first-order valence-electron chi connectivity index (χ1n) is 10.9. The van der Waals surface area contributed by atoms with E-state index in [2.05, 4.69) is 103 Å². The molecule has 0 fully saturated rings. The fourth-order valence-electron chi connectivity index (χ4n) is 4.04. The number of fused-ring (bicyclic) bond motifs is 1. The lowest BCUT2D eigenvalue weighted by molar-refractivity contribution is -0.120. The quantitative estimate of drug-likeness (QED) is 0.258. The number of benzene rings is 5. The van der Waals surface area contributed by atoms with Crippen molar-refractivity contribution in [1.82, 2.24) is 0 Å². The number of rotatable bonds is 6. The maximum absolute atomic E-state index is 10.5. The molecule has 33 heavy (non-hydrogen) atoms. The average molecular weight is 430 g/mol. The largest absolute Gasteiger partial charge is 0.429 e. The highest BCUT2D eigenvalue weighted by atomic mass is 16.5. The number of anilines is 3. The highest BCUT2D eigenvalue weighted by Gasteiger charge is 2.13. The summed E-state index contributed by atoms with van der Waals surface area (Å²) >= 11 is 0. The van der Waals surface area contributed by atoms with Crippen LogP contribution in [0.4, 0.5) is 17.1 Å². The topological polar surface area (TPSA) is 29.5 Å². The lowest BCUT2D eigenvalue weighted by atomic mass is 10.0. The second-order valence-electron chi connectivity index (χ2n) is 7.99. The summed E-state index contributed by atoms with van der Waals surface area (Å²) in [5.74, 6) is 0.534. The summed E-state index contributed by atoms with van der Waals surface area (Å²) in [6, 6.07) is 39.6. The van der Waals surface area contributed by atoms with E-state index < -0.39 is 0 Å². The Labute approximate surface area is 193 Å². The molecule has 0 saturated carbocycles. The van der Waals surface area contributed by atoms with Crippen molar-refractivity contribution in [2.24, 2.45) is 0 Å². The normalized spacial score (nSPS) is 10.7. The third-order valence-electron chi connectivity index (χ3n) is 5.78. The van der Waals surface area contributed by atoms with Crippen LogP contribution in [-0.2, 0) is 4.79 Å². The summed E-state index contributed by atoms with van der Waals surface area (Å²) < 4.78 is 4.90. The summed E-state index contributed by atoms with van der Waals surface area (Å²) in [5.41, 5.74) is 6.69. The zero-order chi connectivity index (χ0) is 22.6. The van der Waals surface area contributed by atoms with Crippen LogP contribution >= 0.6 is 0 Å². The average Bonchev–Trinajstić information content (AvgIpc) is 2.86. The van der Waals surface area contributed by atoms with Crippen molar-refractivity contribution in [3.63, 3.8) is 0 Å². The summed E-state index contributed by atoms with van der Waals surface area (Å²) in [7, 11) is 0. The molecule has 0 atom stereocenters. The van der Waals surface area contributed by atoms with Crippen molar-refractivity contribution < 1.29 is 9.53 Å². The van der Waals surface area contributed by atoms with Gasteiger partial charge in [0.25, 0.3) is 6.47 Å². The molecule has 0 aliphatic carbocycles. The molecule has 0 aliphatic heterocycles. The fraction of sp³-hybridized carbons (Fsp3) is 0.0333. The molecule has 3 nitrogen and oxygen atoms in total. The molecule has 5 aromatic rings. The van der Waals surface area contributed by atoms with Crippen molar-refractivity contribution in [2.75, 3.05) is 4.90 Å². The Morgan fingerprint density at radius 1 is 0.606 bits per heavy atom. The van der Waals surface area contributed by atoms with Gasteiger partial charge in [-0.25, -0.2) is 0 Å². The summed E-state index contributed by atoms with van der Waals surface area (Å²) in [6.07, 6.45) is 0. The molecule has 0 heterocycles. The van der Waals surface area contributed by atoms with Crippen LogP contribution in [0.2, 0.25) is 0 Å². The molecule has 0 aliphatic rings. The van der Waals surface area contributed by atoms with E-state index in [1.807, 2.05) is 12.1 Å². The minimum absolute atomic E-state index is 0.441. The molecule has 5 aromatic carbocycles. The SMILES string of the molecule is Cc1ccc(N(c2ccc(-c3ccc(OC=O)cc3)cc2)c2ccc3ccccc3c2)cc1. The zero-order valence-corrected chi connectivity index (χ0v) is 18.3. The number of nitrogens with zero attached hydrogens (tertiary/aromatic N) is 1. The fourth-order valence-corrected chi connectivity index (χ4v) is 4.04. The Balaban J connectivity index is 1.54. The van der Waals surface area contributed by atoms with Crippen LogP contribution in [0.1, 0.15) is 5.56 Å². The smallest absolute Gasteiger partial charge is 0.298 e. The van der Waals surface area contributed by atoms with E-state index in [0.29, 0.717) is 12.2 Å². The number of carbonyl (C=O) groups is 1. The van der Waals surface area contributed by atoms with Gasteiger partial charge in [-0.05, 0) is 77.4 Å². The van der Waals surface area contributed by atoms with Gasteiger partial charge in [0, 0.05) is 17.1 Å². The van der Waals surface area contributed by atoms with Crippen LogP contribution in [0.15, 0.2) is 115 Å². The Kier molecular flexibility index (Phi) is 5.61. The monoisotopic (exact) mass is 429 g/mol. The highest BCUT2D eigenvalue weighted by molar-refractivity contribution is 5.89. The van der Waals surface area contributed by atoms with E-state index in [4.69, 9.17) is 4.74 Å². The first-order chi connectivity index (χ1) is 16.2. The molecule has 5 rings (SSSR count). The predicted octanol–water partition coefficient (Wildman–Crippen LogP) is 7.82. The van der Waals surface area contributed by atoms with Crippen LogP contribution < -0.4 is 9.64 Å². The second kappa shape index (κ2) is 9.01. The molecular weight excluding hydrogens is 406 g/mol. The lowest BCUT2D eigenvalue weighted by Gasteiger charge is -2.26. The van der Waals surface area contributed by atoms with Gasteiger partial charge in [-0.1, -0.05) is 72.3 Å². The maximum atomic E-state index is 10.5. The molecule has 0 radical (unpaired) electrons. The second-order valence-corrected chi connectivity index (χ2v) is 7.99. The summed E-state index contributed by atoms with van der Waals surface area (Å²) in [5, 5.41) is 2.43. The van der Waals surface area contributed by atoms with Crippen LogP contribution in [0.5, 0.6) is 5.75 Å². The van der Waals surface area contributed by atoms with Crippen LogP contribution in [0, 0.1) is 6.92 Å². The van der Waals surface area contributed by atoms with E-state index in [0.717, 1.165) is 28.2 Å². The third kappa shape index (κ3) is 4.35. The van der Waals surface area contributed by atoms with Gasteiger partial charge >= 0.3 is 0 Å². The van der Waals surface area contributed by atoms with Crippen LogP contribution in [0.3, 0.4) is 0 Å². The van der Waals surface area contributed by atoms with Gasteiger partial charge < -0.3 is 9.64 Å². The first kappa shape index (κ1) is 20.5. The Bertz CT molecular complexity index is 1390. The van der Waals surface area contributed by atoms with Crippen LogP contribution in [-0.4, -0.2) is 6.47 Å². The standard InChI is InChI=1S/C30H23NO2/c1-22-6-13-27(14-7-22)31(29-17-10-23-4-2-3-5-26(23)20-29)28-15-8-24(9-16-28)25-11-18-30(19-12-25)33-21-32/h2-21H,1H3. The Morgan fingerprint density at radius 3 is 1.79 bits per heavy atom. The van der Waals surface area contributed by atoms with Crippen LogP contribution in [0.25, 0.3) is 21.9 Å². The number of carbonyl (C=O) groups excluding carboxylic acids is 1. The van der Waals surface area contributed by atoms with Gasteiger partial charge in [0.2, 0.25) is 0 Å². The molecule has 160 valence electrons. The number of ether oxygens (including phenoxy) is 1. The van der Waals surface area contributed by atoms with E-state index in [9.17, 15) is 4.79 Å². The van der Waals surface area contributed by atoms with Crippen molar-refractivity contribution >= 4 is 34.3 Å². The van der Waals surface area contributed by atoms with Gasteiger partial charge in [-0.15, -0.1) is 0 Å². The van der Waals surface area contributed by atoms with E-state index in [1.165, 1.54) is 16.3 Å². The van der Waals surface area contributed by atoms with Gasteiger partial charge in [-0.3, -0.25) is 4.79 Å². The van der Waals surface area contributed by atoms with Gasteiger partial charge in [-0.2, -0.15) is 0 Å². The van der Waals surface area contributed by atoms with E-state index in [-0.39, 0.29) is 0 Å². The van der Waals surface area contributed by atoms with E-state index >= 15 is 0 Å². The number of aryl methyl sites for hydroxylation is 1. The van der Waals surface area contributed by atoms with Gasteiger partial charge in [0.15, 0.2) is 0 Å². The zero-order valence-electron chi connectivity index (χ0n) is 18.3. The minimum Gasteiger partial charge on any atom is -0.429 e. The van der Waals surface area contributed by atoms with Crippen molar-refractivity contribution in [2.45, 2.75) is 6.92 Å².